The summed E-state index contributed by atoms with van der Waals surface area (Å²) in [6.45, 7) is 10.5. The predicted octanol–water partition coefficient (Wildman–Crippen LogP) is 5.37. The first-order valence-corrected chi connectivity index (χ1v) is 13.9. The van der Waals surface area contributed by atoms with Crippen LogP contribution in [0, 0.1) is 13.8 Å². The molecule has 40 heavy (non-hydrogen) atoms. The van der Waals surface area contributed by atoms with Gasteiger partial charge in [0.25, 0.3) is 5.91 Å². The average molecular weight is 556 g/mol. The molecule has 0 saturated carbocycles. The zero-order valence-electron chi connectivity index (χ0n) is 24.6. The number of unbranched alkanes of at least 4 members (excludes halogenated alkanes) is 4. The maximum Gasteiger partial charge on any atom is 0.408 e. The number of para-hydroxylation sites is 1. The van der Waals surface area contributed by atoms with Gasteiger partial charge in [-0.05, 0) is 69.9 Å². The summed E-state index contributed by atoms with van der Waals surface area (Å²) in [7, 11) is 0. The Morgan fingerprint density at radius 2 is 1.55 bits per heavy atom. The number of alkyl carbamates (subject to hydrolysis) is 1. The van der Waals surface area contributed by atoms with E-state index in [0.29, 0.717) is 17.7 Å². The van der Waals surface area contributed by atoms with Crippen LogP contribution in [0.3, 0.4) is 0 Å². The van der Waals surface area contributed by atoms with Crippen molar-refractivity contribution in [3.05, 3.63) is 59.2 Å². The smallest absolute Gasteiger partial charge is 0.408 e. The van der Waals surface area contributed by atoms with E-state index in [2.05, 4.69) is 17.6 Å². The van der Waals surface area contributed by atoms with Gasteiger partial charge in [0.05, 0.1) is 6.61 Å². The third-order valence-corrected chi connectivity index (χ3v) is 6.46. The van der Waals surface area contributed by atoms with Crippen LogP contribution in [0.4, 0.5) is 10.5 Å². The molecule has 0 bridgehead atoms. The molecule has 0 heterocycles. The first kappa shape index (κ1) is 32.6. The number of phenols is 1. The molecule has 2 atom stereocenters. The molecule has 0 aromatic heterocycles. The Hall–Kier alpha value is -3.59. The summed E-state index contributed by atoms with van der Waals surface area (Å²) in [5, 5.41) is 25.5. The van der Waals surface area contributed by atoms with Crippen LogP contribution in [-0.4, -0.2) is 57.8 Å². The summed E-state index contributed by atoms with van der Waals surface area (Å²) in [5.74, 6) is -1.03. The van der Waals surface area contributed by atoms with Crippen molar-refractivity contribution in [3.8, 4) is 5.75 Å². The third-order valence-electron chi connectivity index (χ3n) is 6.46. The zero-order chi connectivity index (χ0) is 29.9. The molecule has 0 fully saturated rings. The lowest BCUT2D eigenvalue weighted by atomic mass is 10.0. The van der Waals surface area contributed by atoms with E-state index >= 15 is 0 Å². The molecule has 0 spiro atoms. The fourth-order valence-corrected chi connectivity index (χ4v) is 4.42. The van der Waals surface area contributed by atoms with Crippen LogP contribution in [0.25, 0.3) is 0 Å². The molecular formula is C31H45N3O6. The van der Waals surface area contributed by atoms with Gasteiger partial charge in [-0.25, -0.2) is 4.79 Å². The number of rotatable bonds is 13. The molecule has 9 heteroatoms. The van der Waals surface area contributed by atoms with Crippen LogP contribution in [0.2, 0.25) is 0 Å². The maximum absolute atomic E-state index is 14.0. The first-order chi connectivity index (χ1) is 18.9. The molecule has 0 aliphatic heterocycles. The van der Waals surface area contributed by atoms with E-state index in [1.807, 2.05) is 32.0 Å². The number of carbonyl (C=O) groups is 3. The van der Waals surface area contributed by atoms with Gasteiger partial charge in [0.15, 0.2) is 0 Å². The Kier molecular flexibility index (Phi) is 12.4. The molecule has 0 aliphatic rings. The van der Waals surface area contributed by atoms with Gasteiger partial charge in [-0.2, -0.15) is 0 Å². The van der Waals surface area contributed by atoms with Gasteiger partial charge in [0.2, 0.25) is 5.91 Å². The lowest BCUT2D eigenvalue weighted by Crippen LogP contribution is -2.54. The molecule has 3 amide bonds. The highest BCUT2D eigenvalue weighted by atomic mass is 16.6. The Bertz CT molecular complexity index is 1110. The van der Waals surface area contributed by atoms with Gasteiger partial charge in [0, 0.05) is 12.2 Å². The number of ether oxygens (including phenoxy) is 1. The van der Waals surface area contributed by atoms with E-state index in [1.54, 1.807) is 32.9 Å². The van der Waals surface area contributed by atoms with E-state index in [0.717, 1.165) is 36.8 Å². The van der Waals surface area contributed by atoms with Crippen LogP contribution in [0.15, 0.2) is 42.5 Å². The fraction of sp³-hybridized carbons (Fsp3) is 0.516. The number of aryl methyl sites for hydroxylation is 2. The molecule has 4 N–H and O–H groups in total. The Morgan fingerprint density at radius 1 is 0.950 bits per heavy atom. The predicted molar refractivity (Wildman–Crippen MR) is 156 cm³/mol. The van der Waals surface area contributed by atoms with Gasteiger partial charge >= 0.3 is 6.09 Å². The fourth-order valence-electron chi connectivity index (χ4n) is 4.42. The number of nitrogens with one attached hydrogen (secondary N) is 2. The van der Waals surface area contributed by atoms with Gasteiger partial charge in [-0.15, -0.1) is 0 Å². The van der Waals surface area contributed by atoms with E-state index < -0.39 is 42.2 Å². The number of hydrogen-bond donors (Lipinski definition) is 4. The molecule has 2 aromatic carbocycles. The first-order valence-electron chi connectivity index (χ1n) is 13.9. The van der Waals surface area contributed by atoms with Gasteiger partial charge in [-0.3, -0.25) is 9.59 Å². The molecule has 9 nitrogen and oxygen atoms in total. The van der Waals surface area contributed by atoms with Crippen molar-refractivity contribution in [1.82, 2.24) is 10.2 Å². The van der Waals surface area contributed by atoms with Crippen molar-refractivity contribution >= 4 is 23.6 Å². The van der Waals surface area contributed by atoms with E-state index in [4.69, 9.17) is 4.74 Å². The molecule has 2 rings (SSSR count). The summed E-state index contributed by atoms with van der Waals surface area (Å²) in [5.41, 5.74) is 2.08. The lowest BCUT2D eigenvalue weighted by Gasteiger charge is -2.34. The number of aliphatic hydroxyl groups excluding tert-OH is 1. The van der Waals surface area contributed by atoms with Crippen molar-refractivity contribution in [2.75, 3.05) is 18.5 Å². The van der Waals surface area contributed by atoms with Crippen molar-refractivity contribution in [2.24, 2.45) is 0 Å². The second kappa shape index (κ2) is 15.3. The number of hydrogen-bond acceptors (Lipinski definition) is 6. The topological polar surface area (TPSA) is 128 Å². The van der Waals surface area contributed by atoms with Gasteiger partial charge in [-0.1, -0.05) is 62.9 Å². The summed E-state index contributed by atoms with van der Waals surface area (Å²) < 4.78 is 5.30. The van der Waals surface area contributed by atoms with E-state index in [-0.39, 0.29) is 12.3 Å². The van der Waals surface area contributed by atoms with Gasteiger partial charge < -0.3 is 30.5 Å². The lowest BCUT2D eigenvalue weighted by molar-refractivity contribution is -0.141. The summed E-state index contributed by atoms with van der Waals surface area (Å²) in [6.07, 6.45) is 3.73. The molecule has 220 valence electrons. The maximum atomic E-state index is 14.0. The van der Waals surface area contributed by atoms with Crippen molar-refractivity contribution in [3.63, 3.8) is 0 Å². The second-order valence-corrected chi connectivity index (χ2v) is 11.1. The van der Waals surface area contributed by atoms with E-state index in [9.17, 15) is 24.6 Å². The Balaban J connectivity index is 2.49. The van der Waals surface area contributed by atoms with Crippen LogP contribution in [-0.2, 0) is 14.3 Å². The number of aliphatic hydroxyl groups is 1. The zero-order valence-corrected chi connectivity index (χ0v) is 24.6. The number of carbonyl (C=O) groups excluding carboxylic acids is 3. The Labute approximate surface area is 237 Å². The molecule has 2 unspecified atom stereocenters. The van der Waals surface area contributed by atoms with Crippen LogP contribution >= 0.6 is 0 Å². The molecule has 0 saturated heterocycles. The Morgan fingerprint density at radius 3 is 2.10 bits per heavy atom. The average Bonchev–Trinajstić information content (AvgIpc) is 2.88. The van der Waals surface area contributed by atoms with Crippen molar-refractivity contribution in [1.29, 1.82) is 0 Å². The molecule has 0 aliphatic carbocycles. The number of amides is 3. The summed E-state index contributed by atoms with van der Waals surface area (Å²) in [6, 6.07) is 9.38. The molecule has 2 aromatic rings. The van der Waals surface area contributed by atoms with Crippen LogP contribution in [0.1, 0.15) is 82.5 Å². The monoisotopic (exact) mass is 555 g/mol. The highest BCUT2D eigenvalue weighted by molar-refractivity contribution is 6.00. The highest BCUT2D eigenvalue weighted by Gasteiger charge is 2.36. The minimum atomic E-state index is -1.32. The summed E-state index contributed by atoms with van der Waals surface area (Å²) in [4.78, 5) is 41.8. The summed E-state index contributed by atoms with van der Waals surface area (Å²) >= 11 is 0. The van der Waals surface area contributed by atoms with E-state index in [1.165, 1.54) is 17.0 Å². The number of anilines is 1. The van der Waals surface area contributed by atoms with Gasteiger partial charge in [0.1, 0.15) is 23.4 Å². The second-order valence-electron chi connectivity index (χ2n) is 11.1. The minimum Gasteiger partial charge on any atom is -0.508 e. The number of aromatic hydroxyl groups is 1. The van der Waals surface area contributed by atoms with Crippen LogP contribution in [0.5, 0.6) is 5.75 Å². The van der Waals surface area contributed by atoms with Crippen molar-refractivity contribution < 1.29 is 29.3 Å². The standard InChI is InChI=1S/C31H45N3O6/c1-7-8-9-10-11-19-34(29(38)25(20-35)32-30(39)40-31(4,5)6)27(23-15-17-24(36)18-16-23)28(37)33-26-21(2)13-12-14-22(26)3/h12-18,25,27,35-36H,7-11,19-20H2,1-6H3,(H,32,39)(H,33,37). The van der Waals surface area contributed by atoms with Crippen molar-refractivity contribution in [2.45, 2.75) is 91.3 Å². The number of phenolic OH excluding ortho intramolecular Hbond substituents is 1. The minimum absolute atomic E-state index is 0.0231. The largest absolute Gasteiger partial charge is 0.508 e. The van der Waals surface area contributed by atoms with Crippen LogP contribution < -0.4 is 10.6 Å². The normalized spacial score (nSPS) is 12.8. The SMILES string of the molecule is CCCCCCCN(C(=O)C(CO)NC(=O)OC(C)(C)C)C(C(=O)Nc1c(C)cccc1C)c1ccc(O)cc1. The third kappa shape index (κ3) is 9.86. The quantitative estimate of drug-likeness (QED) is 0.246. The number of nitrogens with zero attached hydrogens (tertiary/aromatic N) is 1. The molecule has 0 radical (unpaired) electrons. The highest BCUT2D eigenvalue weighted by Crippen LogP contribution is 2.28. The number of benzene rings is 2. The molecular weight excluding hydrogens is 510 g/mol.